The Morgan fingerprint density at radius 3 is 2.95 bits per heavy atom. The lowest BCUT2D eigenvalue weighted by Crippen LogP contribution is -2.29. The first-order valence-electron chi connectivity index (χ1n) is 6.88. The van der Waals surface area contributed by atoms with Crippen molar-refractivity contribution in [2.45, 2.75) is 26.7 Å². The van der Waals surface area contributed by atoms with Crippen molar-refractivity contribution in [2.24, 2.45) is 11.7 Å². The van der Waals surface area contributed by atoms with Gasteiger partial charge < -0.3 is 15.8 Å². The molecular formula is C15H24N2O2. The van der Waals surface area contributed by atoms with Crippen molar-refractivity contribution in [3.05, 3.63) is 29.8 Å². The highest BCUT2D eigenvalue weighted by molar-refractivity contribution is 5.94. The second-order valence-corrected chi connectivity index (χ2v) is 4.77. The molecule has 3 N–H and O–H groups in total. The molecule has 1 atom stereocenters. The van der Waals surface area contributed by atoms with Crippen molar-refractivity contribution >= 4 is 5.91 Å². The van der Waals surface area contributed by atoms with Crippen LogP contribution in [0.2, 0.25) is 0 Å². The Bertz CT molecular complexity index is 393. The Balaban J connectivity index is 2.51. The van der Waals surface area contributed by atoms with Crippen LogP contribution in [-0.4, -0.2) is 25.6 Å². The molecule has 0 bridgehead atoms. The van der Waals surface area contributed by atoms with Crippen LogP contribution in [0.5, 0.6) is 5.75 Å². The fourth-order valence-electron chi connectivity index (χ4n) is 1.70. The van der Waals surface area contributed by atoms with Gasteiger partial charge in [-0.05, 0) is 43.5 Å². The minimum Gasteiger partial charge on any atom is -0.494 e. The summed E-state index contributed by atoms with van der Waals surface area (Å²) in [7, 11) is 0. The maximum absolute atomic E-state index is 12.0. The normalized spacial score (nSPS) is 11.9. The summed E-state index contributed by atoms with van der Waals surface area (Å²) in [5.74, 6) is 1.07. The summed E-state index contributed by atoms with van der Waals surface area (Å²) in [6, 6.07) is 7.27. The van der Waals surface area contributed by atoms with Gasteiger partial charge in [0.1, 0.15) is 5.75 Å². The van der Waals surface area contributed by atoms with Gasteiger partial charge in [0.25, 0.3) is 5.91 Å². The second kappa shape index (κ2) is 8.53. The van der Waals surface area contributed by atoms with E-state index in [9.17, 15) is 4.79 Å². The molecule has 0 aliphatic carbocycles. The van der Waals surface area contributed by atoms with Gasteiger partial charge in [0.15, 0.2) is 0 Å². The van der Waals surface area contributed by atoms with E-state index in [0.717, 1.165) is 18.6 Å². The van der Waals surface area contributed by atoms with Gasteiger partial charge in [-0.3, -0.25) is 4.79 Å². The molecule has 4 nitrogen and oxygen atoms in total. The van der Waals surface area contributed by atoms with Crippen LogP contribution in [0.3, 0.4) is 0 Å². The number of hydrogen-bond donors (Lipinski definition) is 2. The molecule has 0 saturated carbocycles. The van der Waals surface area contributed by atoms with Crippen LogP contribution in [0.25, 0.3) is 0 Å². The number of ether oxygens (including phenoxy) is 1. The van der Waals surface area contributed by atoms with Crippen LogP contribution >= 0.6 is 0 Å². The SMILES string of the molecule is CCCOc1cccc(C(=O)NCC(C)CCN)c1. The number of hydrogen-bond acceptors (Lipinski definition) is 3. The number of carbonyl (C=O) groups excluding carboxylic acids is 1. The highest BCUT2D eigenvalue weighted by Gasteiger charge is 2.08. The van der Waals surface area contributed by atoms with Crippen LogP contribution in [0.1, 0.15) is 37.0 Å². The molecule has 0 spiro atoms. The maximum Gasteiger partial charge on any atom is 0.251 e. The largest absolute Gasteiger partial charge is 0.494 e. The van der Waals surface area contributed by atoms with Crippen molar-refractivity contribution < 1.29 is 9.53 Å². The summed E-state index contributed by atoms with van der Waals surface area (Å²) in [4.78, 5) is 12.0. The average Bonchev–Trinajstić information content (AvgIpc) is 2.43. The van der Waals surface area contributed by atoms with E-state index in [-0.39, 0.29) is 5.91 Å². The molecule has 19 heavy (non-hydrogen) atoms. The van der Waals surface area contributed by atoms with E-state index in [0.29, 0.717) is 31.2 Å². The first kappa shape index (κ1) is 15.5. The number of rotatable bonds is 8. The zero-order chi connectivity index (χ0) is 14.1. The minimum atomic E-state index is -0.0641. The van der Waals surface area contributed by atoms with E-state index in [1.54, 1.807) is 12.1 Å². The van der Waals surface area contributed by atoms with Crippen molar-refractivity contribution in [1.82, 2.24) is 5.32 Å². The molecule has 0 aliphatic heterocycles. The van der Waals surface area contributed by atoms with Gasteiger partial charge in [0.2, 0.25) is 0 Å². The third-order valence-electron chi connectivity index (χ3n) is 2.84. The Labute approximate surface area is 115 Å². The van der Waals surface area contributed by atoms with Gasteiger partial charge in [-0.15, -0.1) is 0 Å². The van der Waals surface area contributed by atoms with E-state index < -0.39 is 0 Å². The standard InChI is InChI=1S/C15H24N2O2/c1-3-9-19-14-6-4-5-13(10-14)15(18)17-11-12(2)7-8-16/h4-6,10,12H,3,7-9,11,16H2,1-2H3,(H,17,18). The molecule has 0 heterocycles. The van der Waals surface area contributed by atoms with E-state index >= 15 is 0 Å². The molecule has 106 valence electrons. The second-order valence-electron chi connectivity index (χ2n) is 4.77. The molecule has 1 amide bonds. The topological polar surface area (TPSA) is 64.3 Å². The molecular weight excluding hydrogens is 240 g/mol. The number of nitrogens with two attached hydrogens (primary N) is 1. The van der Waals surface area contributed by atoms with Crippen molar-refractivity contribution in [2.75, 3.05) is 19.7 Å². The summed E-state index contributed by atoms with van der Waals surface area (Å²) in [5.41, 5.74) is 6.12. The predicted molar refractivity (Wildman–Crippen MR) is 77.4 cm³/mol. The van der Waals surface area contributed by atoms with E-state index in [4.69, 9.17) is 10.5 Å². The number of amides is 1. The van der Waals surface area contributed by atoms with Gasteiger partial charge >= 0.3 is 0 Å². The zero-order valence-corrected chi connectivity index (χ0v) is 11.8. The Morgan fingerprint density at radius 2 is 2.26 bits per heavy atom. The zero-order valence-electron chi connectivity index (χ0n) is 11.8. The minimum absolute atomic E-state index is 0.0641. The molecule has 0 fully saturated rings. The van der Waals surface area contributed by atoms with Gasteiger partial charge in [-0.25, -0.2) is 0 Å². The van der Waals surface area contributed by atoms with Gasteiger partial charge in [-0.1, -0.05) is 19.9 Å². The van der Waals surface area contributed by atoms with E-state index in [1.807, 2.05) is 12.1 Å². The summed E-state index contributed by atoms with van der Waals surface area (Å²) >= 11 is 0. The lowest BCUT2D eigenvalue weighted by molar-refractivity contribution is 0.0947. The lowest BCUT2D eigenvalue weighted by atomic mass is 10.1. The fourth-order valence-corrected chi connectivity index (χ4v) is 1.70. The van der Waals surface area contributed by atoms with Gasteiger partial charge in [0.05, 0.1) is 6.61 Å². The summed E-state index contributed by atoms with van der Waals surface area (Å²) in [5, 5.41) is 2.92. The Hall–Kier alpha value is -1.55. The van der Waals surface area contributed by atoms with Crippen LogP contribution < -0.4 is 15.8 Å². The lowest BCUT2D eigenvalue weighted by Gasteiger charge is -2.12. The third-order valence-corrected chi connectivity index (χ3v) is 2.84. The number of nitrogens with one attached hydrogen (secondary N) is 1. The Morgan fingerprint density at radius 1 is 1.47 bits per heavy atom. The maximum atomic E-state index is 12.0. The van der Waals surface area contributed by atoms with Gasteiger partial charge in [0, 0.05) is 12.1 Å². The quantitative estimate of drug-likeness (QED) is 0.756. The highest BCUT2D eigenvalue weighted by Crippen LogP contribution is 2.13. The molecule has 0 saturated heterocycles. The molecule has 1 unspecified atom stereocenters. The summed E-state index contributed by atoms with van der Waals surface area (Å²) in [6.07, 6.45) is 1.87. The molecule has 0 aromatic heterocycles. The molecule has 4 heteroatoms. The first-order chi connectivity index (χ1) is 9.17. The van der Waals surface area contributed by atoms with Crippen molar-refractivity contribution in [3.63, 3.8) is 0 Å². The summed E-state index contributed by atoms with van der Waals surface area (Å²) in [6.45, 7) is 6.09. The average molecular weight is 264 g/mol. The Kier molecular flexibility index (Phi) is 6.97. The van der Waals surface area contributed by atoms with Crippen LogP contribution in [0.4, 0.5) is 0 Å². The van der Waals surface area contributed by atoms with Crippen LogP contribution in [-0.2, 0) is 0 Å². The third kappa shape index (κ3) is 5.75. The highest BCUT2D eigenvalue weighted by atomic mass is 16.5. The molecule has 1 aromatic rings. The van der Waals surface area contributed by atoms with Crippen LogP contribution in [0.15, 0.2) is 24.3 Å². The fraction of sp³-hybridized carbons (Fsp3) is 0.533. The van der Waals surface area contributed by atoms with E-state index in [2.05, 4.69) is 19.2 Å². The van der Waals surface area contributed by atoms with E-state index in [1.165, 1.54) is 0 Å². The molecule has 0 radical (unpaired) electrons. The number of benzene rings is 1. The van der Waals surface area contributed by atoms with Crippen molar-refractivity contribution in [3.8, 4) is 5.75 Å². The summed E-state index contributed by atoms with van der Waals surface area (Å²) < 4.78 is 5.51. The first-order valence-corrected chi connectivity index (χ1v) is 6.88. The predicted octanol–water partition coefficient (Wildman–Crippen LogP) is 2.19. The van der Waals surface area contributed by atoms with Gasteiger partial charge in [-0.2, -0.15) is 0 Å². The molecule has 0 aliphatic rings. The smallest absolute Gasteiger partial charge is 0.251 e. The monoisotopic (exact) mass is 264 g/mol. The molecule has 1 rings (SSSR count). The van der Waals surface area contributed by atoms with Crippen molar-refractivity contribution in [1.29, 1.82) is 0 Å². The number of carbonyl (C=O) groups is 1. The van der Waals surface area contributed by atoms with Crippen LogP contribution in [0, 0.1) is 5.92 Å². The molecule has 1 aromatic carbocycles.